The maximum absolute atomic E-state index is 13.7. The van der Waals surface area contributed by atoms with Gasteiger partial charge in [0.05, 0.1) is 16.3 Å². The average molecular weight is 471 g/mol. The number of piperidine rings is 1. The van der Waals surface area contributed by atoms with Gasteiger partial charge >= 0.3 is 5.97 Å². The molecule has 0 spiro atoms. The van der Waals surface area contributed by atoms with E-state index in [1.54, 1.807) is 17.5 Å². The van der Waals surface area contributed by atoms with E-state index in [1.165, 1.54) is 10.5 Å². The molecule has 4 heterocycles. The lowest BCUT2D eigenvalue weighted by atomic mass is 10.1. The number of rotatable bonds is 7. The number of hydrogen-bond donors (Lipinski definition) is 1. The molecule has 9 heteroatoms. The van der Waals surface area contributed by atoms with E-state index in [0.717, 1.165) is 35.2 Å². The molecule has 7 nitrogen and oxygen atoms in total. The van der Waals surface area contributed by atoms with Gasteiger partial charge in [0.1, 0.15) is 17.6 Å². The second kappa shape index (κ2) is 9.82. The molecular weight excluding hydrogens is 443 g/mol. The van der Waals surface area contributed by atoms with E-state index in [4.69, 9.17) is 10.1 Å². The SMILES string of the molecule is CC(C)c1csc(CCc2ccn3c(=O)c(/C=C/C(=O)O)c(N4CCC(F)CC4)nc3c2)n1. The molecule has 3 aromatic rings. The summed E-state index contributed by atoms with van der Waals surface area (Å²) in [6.07, 6.45) is 5.30. The van der Waals surface area contributed by atoms with E-state index in [-0.39, 0.29) is 11.1 Å². The van der Waals surface area contributed by atoms with Crippen LogP contribution in [0.2, 0.25) is 0 Å². The van der Waals surface area contributed by atoms with Crippen LogP contribution in [-0.4, -0.2) is 44.7 Å². The number of aryl methyl sites for hydroxylation is 2. The Hall–Kier alpha value is -3.07. The van der Waals surface area contributed by atoms with Crippen LogP contribution < -0.4 is 10.5 Å². The van der Waals surface area contributed by atoms with Crippen LogP contribution in [0.3, 0.4) is 0 Å². The Bertz CT molecular complexity index is 1240. The third kappa shape index (κ3) is 5.30. The number of nitrogens with zero attached hydrogens (tertiary/aromatic N) is 4. The summed E-state index contributed by atoms with van der Waals surface area (Å²) in [6, 6.07) is 3.76. The van der Waals surface area contributed by atoms with Gasteiger partial charge in [-0.15, -0.1) is 11.3 Å². The highest BCUT2D eigenvalue weighted by Crippen LogP contribution is 2.24. The van der Waals surface area contributed by atoms with Crippen LogP contribution in [0.15, 0.2) is 34.6 Å². The number of anilines is 1. The number of thiazole rings is 1. The first-order chi connectivity index (χ1) is 15.8. The van der Waals surface area contributed by atoms with Crippen molar-refractivity contribution in [2.75, 3.05) is 18.0 Å². The molecular formula is C24H27FN4O3S. The Labute approximate surface area is 195 Å². The maximum Gasteiger partial charge on any atom is 0.328 e. The number of halogens is 1. The van der Waals surface area contributed by atoms with E-state index in [0.29, 0.717) is 43.3 Å². The van der Waals surface area contributed by atoms with Gasteiger partial charge in [0.2, 0.25) is 0 Å². The number of fused-ring (bicyclic) bond motifs is 1. The van der Waals surface area contributed by atoms with Gasteiger partial charge in [-0.1, -0.05) is 13.8 Å². The topological polar surface area (TPSA) is 87.8 Å². The van der Waals surface area contributed by atoms with Crippen molar-refractivity contribution in [1.29, 1.82) is 0 Å². The van der Waals surface area contributed by atoms with E-state index >= 15 is 0 Å². The van der Waals surface area contributed by atoms with Crippen LogP contribution in [0.4, 0.5) is 10.2 Å². The molecule has 33 heavy (non-hydrogen) atoms. The normalized spacial score (nSPS) is 15.2. The van der Waals surface area contributed by atoms with Crippen molar-refractivity contribution >= 4 is 34.8 Å². The quantitative estimate of drug-likeness (QED) is 0.523. The smallest absolute Gasteiger partial charge is 0.328 e. The second-order valence-electron chi connectivity index (χ2n) is 8.57. The van der Waals surface area contributed by atoms with Crippen molar-refractivity contribution in [3.05, 3.63) is 62.0 Å². The monoisotopic (exact) mass is 470 g/mol. The molecule has 0 bridgehead atoms. The van der Waals surface area contributed by atoms with E-state index in [2.05, 4.69) is 24.2 Å². The van der Waals surface area contributed by atoms with Gasteiger partial charge < -0.3 is 10.0 Å². The van der Waals surface area contributed by atoms with Crippen LogP contribution in [0, 0.1) is 0 Å². The number of carbonyl (C=O) groups is 1. The highest BCUT2D eigenvalue weighted by molar-refractivity contribution is 7.09. The minimum Gasteiger partial charge on any atom is -0.478 e. The van der Waals surface area contributed by atoms with E-state index in [1.807, 2.05) is 17.0 Å². The zero-order valence-corrected chi connectivity index (χ0v) is 19.5. The molecule has 4 rings (SSSR count). The molecule has 1 N–H and O–H groups in total. The fourth-order valence-corrected chi connectivity index (χ4v) is 4.85. The third-order valence-corrected chi connectivity index (χ3v) is 6.74. The minimum absolute atomic E-state index is 0.198. The van der Waals surface area contributed by atoms with E-state index in [9.17, 15) is 14.0 Å². The van der Waals surface area contributed by atoms with Crippen molar-refractivity contribution in [3.8, 4) is 0 Å². The molecule has 174 valence electrons. The van der Waals surface area contributed by atoms with Crippen molar-refractivity contribution in [1.82, 2.24) is 14.4 Å². The first-order valence-electron chi connectivity index (χ1n) is 11.1. The van der Waals surface area contributed by atoms with Crippen molar-refractivity contribution < 1.29 is 14.3 Å². The van der Waals surface area contributed by atoms with Crippen molar-refractivity contribution in [2.24, 2.45) is 0 Å². The summed E-state index contributed by atoms with van der Waals surface area (Å²) in [5, 5.41) is 12.2. The first kappa shape index (κ1) is 23.1. The van der Waals surface area contributed by atoms with Gasteiger partial charge in [-0.05, 0) is 49.0 Å². The number of aromatic nitrogens is 3. The molecule has 1 aliphatic heterocycles. The van der Waals surface area contributed by atoms with Crippen LogP contribution >= 0.6 is 11.3 Å². The number of carboxylic acid groups (broad SMARTS) is 1. The molecule has 1 aliphatic rings. The molecule has 0 aliphatic carbocycles. The molecule has 0 atom stereocenters. The standard InChI is InChI=1S/C24H27FN4O3S/c1-15(2)19-14-33-21(26-19)5-3-16-7-12-29-20(13-16)27-23(28-10-8-17(25)9-11-28)18(24(29)32)4-6-22(30)31/h4,6-7,12-15,17H,3,5,8-11H2,1-2H3,(H,30,31)/b6-4+. The zero-order valence-electron chi connectivity index (χ0n) is 18.7. The van der Waals surface area contributed by atoms with Gasteiger partial charge in [0, 0.05) is 37.2 Å². The molecule has 1 fully saturated rings. The third-order valence-electron chi connectivity index (χ3n) is 5.81. The van der Waals surface area contributed by atoms with Crippen LogP contribution in [0.25, 0.3) is 11.7 Å². The van der Waals surface area contributed by atoms with Crippen molar-refractivity contribution in [3.63, 3.8) is 0 Å². The van der Waals surface area contributed by atoms with Crippen LogP contribution in [-0.2, 0) is 17.6 Å². The van der Waals surface area contributed by atoms with Gasteiger partial charge in [-0.25, -0.2) is 19.2 Å². The average Bonchev–Trinajstić information content (AvgIpc) is 3.27. The molecule has 0 radical (unpaired) electrons. The Morgan fingerprint density at radius 2 is 2.06 bits per heavy atom. The summed E-state index contributed by atoms with van der Waals surface area (Å²) in [7, 11) is 0. The fourth-order valence-electron chi connectivity index (χ4n) is 3.90. The molecule has 0 saturated carbocycles. The Morgan fingerprint density at radius 3 is 2.73 bits per heavy atom. The van der Waals surface area contributed by atoms with Gasteiger partial charge in [0.15, 0.2) is 0 Å². The van der Waals surface area contributed by atoms with Gasteiger partial charge in [-0.2, -0.15) is 0 Å². The predicted molar refractivity (Wildman–Crippen MR) is 128 cm³/mol. The summed E-state index contributed by atoms with van der Waals surface area (Å²) in [6.45, 7) is 5.11. The molecule has 0 unspecified atom stereocenters. The van der Waals surface area contributed by atoms with Crippen LogP contribution in [0.5, 0.6) is 0 Å². The summed E-state index contributed by atoms with van der Waals surface area (Å²) < 4.78 is 15.1. The zero-order chi connectivity index (χ0) is 23.5. The second-order valence-corrected chi connectivity index (χ2v) is 9.51. The maximum atomic E-state index is 13.7. The summed E-state index contributed by atoms with van der Waals surface area (Å²) in [4.78, 5) is 35.5. The molecule has 0 aromatic carbocycles. The molecule has 3 aromatic heterocycles. The lowest BCUT2D eigenvalue weighted by molar-refractivity contribution is -0.131. The Kier molecular flexibility index (Phi) is 6.88. The molecule has 1 saturated heterocycles. The van der Waals surface area contributed by atoms with E-state index < -0.39 is 12.1 Å². The highest BCUT2D eigenvalue weighted by Gasteiger charge is 2.23. The summed E-state index contributed by atoms with van der Waals surface area (Å²) in [5.74, 6) is -0.342. The number of hydrogen-bond acceptors (Lipinski definition) is 6. The van der Waals surface area contributed by atoms with Crippen molar-refractivity contribution in [2.45, 2.75) is 51.6 Å². The fraction of sp³-hybridized carbons (Fsp3) is 0.417. The minimum atomic E-state index is -1.15. The lowest BCUT2D eigenvalue weighted by Gasteiger charge is -2.30. The predicted octanol–water partition coefficient (Wildman–Crippen LogP) is 4.10. The summed E-state index contributed by atoms with van der Waals surface area (Å²) in [5.41, 5.74) is 2.48. The molecule has 0 amide bonds. The first-order valence-corrected chi connectivity index (χ1v) is 12.0. The lowest BCUT2D eigenvalue weighted by Crippen LogP contribution is -2.37. The number of pyridine rings is 1. The largest absolute Gasteiger partial charge is 0.478 e. The van der Waals surface area contributed by atoms with Gasteiger partial charge in [-0.3, -0.25) is 9.20 Å². The number of carboxylic acids is 1. The number of aliphatic carboxylic acids is 1. The summed E-state index contributed by atoms with van der Waals surface area (Å²) >= 11 is 1.66. The Balaban J connectivity index is 1.67. The Morgan fingerprint density at radius 1 is 1.30 bits per heavy atom. The highest BCUT2D eigenvalue weighted by atomic mass is 32.1. The van der Waals surface area contributed by atoms with Crippen LogP contribution in [0.1, 0.15) is 54.4 Å². The van der Waals surface area contributed by atoms with Gasteiger partial charge in [0.25, 0.3) is 5.56 Å². The number of alkyl halides is 1.